The van der Waals surface area contributed by atoms with Crippen molar-refractivity contribution in [3.63, 3.8) is 0 Å². The van der Waals surface area contributed by atoms with Crippen LogP contribution in [0.4, 0.5) is 4.79 Å². The average Bonchev–Trinajstić information content (AvgIpc) is 3.24. The van der Waals surface area contributed by atoms with Crippen molar-refractivity contribution in [2.75, 3.05) is 6.61 Å². The van der Waals surface area contributed by atoms with Gasteiger partial charge >= 0.3 is 6.09 Å². The van der Waals surface area contributed by atoms with Gasteiger partial charge in [0.25, 0.3) is 0 Å². The number of benzene rings is 1. The maximum Gasteiger partial charge on any atom is 0.410 e. The second-order valence-corrected chi connectivity index (χ2v) is 6.57. The highest BCUT2D eigenvalue weighted by Gasteiger charge is 2.55. The molecule has 0 saturated carbocycles. The highest BCUT2D eigenvalue weighted by Crippen LogP contribution is 2.47. The second kappa shape index (κ2) is 5.02. The number of piperidine rings is 2. The number of carbonyl (C=O) groups is 1. The summed E-state index contributed by atoms with van der Waals surface area (Å²) in [5.41, 5.74) is 1.14. The molecule has 2 bridgehead atoms. The molecule has 1 aromatic rings. The van der Waals surface area contributed by atoms with Crippen LogP contribution in [0.1, 0.15) is 37.7 Å². The van der Waals surface area contributed by atoms with Crippen molar-refractivity contribution in [2.45, 2.75) is 56.4 Å². The number of hydrogen-bond donors (Lipinski definition) is 0. The van der Waals surface area contributed by atoms with Crippen LogP contribution < -0.4 is 0 Å². The number of nitrogens with zero attached hydrogens (tertiary/aromatic N) is 1. The molecular formula is C17H21NO3. The molecule has 1 spiro atoms. The molecule has 21 heavy (non-hydrogen) atoms. The summed E-state index contributed by atoms with van der Waals surface area (Å²) in [6.07, 6.45) is 5.22. The van der Waals surface area contributed by atoms with E-state index in [0.717, 1.165) is 37.9 Å². The summed E-state index contributed by atoms with van der Waals surface area (Å²) in [6, 6.07) is 10.5. The predicted molar refractivity (Wildman–Crippen MR) is 77.8 cm³/mol. The molecule has 4 nitrogen and oxygen atoms in total. The van der Waals surface area contributed by atoms with Crippen molar-refractivity contribution in [1.82, 2.24) is 4.90 Å². The van der Waals surface area contributed by atoms with Crippen molar-refractivity contribution in [2.24, 2.45) is 0 Å². The van der Waals surface area contributed by atoms with Crippen LogP contribution in [-0.4, -0.2) is 35.3 Å². The Balaban J connectivity index is 1.42. The smallest absolute Gasteiger partial charge is 0.410 e. The zero-order valence-electron chi connectivity index (χ0n) is 12.2. The van der Waals surface area contributed by atoms with Crippen LogP contribution >= 0.6 is 0 Å². The summed E-state index contributed by atoms with van der Waals surface area (Å²) < 4.78 is 11.2. The minimum Gasteiger partial charge on any atom is -0.445 e. The van der Waals surface area contributed by atoms with Gasteiger partial charge in [-0.2, -0.15) is 0 Å². The summed E-state index contributed by atoms with van der Waals surface area (Å²) in [6.45, 7) is 1.24. The average molecular weight is 287 g/mol. The van der Waals surface area contributed by atoms with E-state index in [1.807, 2.05) is 35.2 Å². The van der Waals surface area contributed by atoms with Crippen molar-refractivity contribution in [3.8, 4) is 0 Å². The van der Waals surface area contributed by atoms with Crippen LogP contribution in [0.3, 0.4) is 0 Å². The lowest BCUT2D eigenvalue weighted by atomic mass is 9.79. The van der Waals surface area contributed by atoms with Crippen molar-refractivity contribution < 1.29 is 14.3 Å². The normalized spacial score (nSPS) is 33.8. The fourth-order valence-corrected chi connectivity index (χ4v) is 3.94. The Morgan fingerprint density at radius 2 is 1.90 bits per heavy atom. The first-order valence-electron chi connectivity index (χ1n) is 7.89. The van der Waals surface area contributed by atoms with E-state index in [-0.39, 0.29) is 11.7 Å². The third-order valence-electron chi connectivity index (χ3n) is 5.05. The van der Waals surface area contributed by atoms with Gasteiger partial charge in [-0.1, -0.05) is 30.3 Å². The molecule has 1 amide bonds. The van der Waals surface area contributed by atoms with E-state index in [2.05, 4.69) is 0 Å². The number of amides is 1. The molecule has 2 unspecified atom stereocenters. The van der Waals surface area contributed by atoms with Gasteiger partial charge in [-0.25, -0.2) is 4.79 Å². The number of fused-ring (bicyclic) bond motifs is 2. The summed E-state index contributed by atoms with van der Waals surface area (Å²) in [5, 5.41) is 0. The Kier molecular flexibility index (Phi) is 3.14. The van der Waals surface area contributed by atoms with Gasteiger partial charge in [0.1, 0.15) is 6.61 Å². The van der Waals surface area contributed by atoms with Crippen molar-refractivity contribution in [1.29, 1.82) is 0 Å². The predicted octanol–water partition coefficient (Wildman–Crippen LogP) is 3.11. The van der Waals surface area contributed by atoms with Gasteiger partial charge in [0.05, 0.1) is 12.2 Å². The van der Waals surface area contributed by atoms with Crippen LogP contribution in [0.25, 0.3) is 0 Å². The second-order valence-electron chi connectivity index (χ2n) is 6.57. The minimum atomic E-state index is -0.149. The van der Waals surface area contributed by atoms with E-state index in [9.17, 15) is 4.79 Å². The fraction of sp³-hybridized carbons (Fsp3) is 0.588. The monoisotopic (exact) mass is 287 g/mol. The summed E-state index contributed by atoms with van der Waals surface area (Å²) >= 11 is 0. The SMILES string of the molecule is O=C(OCc1ccccc1)N1C2CCCC1CC1(CO1)C2. The Bertz CT molecular complexity index is 510. The van der Waals surface area contributed by atoms with Gasteiger partial charge in [0.2, 0.25) is 0 Å². The summed E-state index contributed by atoms with van der Waals surface area (Å²) in [5.74, 6) is 0. The number of ether oxygens (including phenoxy) is 2. The molecule has 0 aromatic heterocycles. The number of carbonyl (C=O) groups excluding carboxylic acids is 1. The molecule has 4 rings (SSSR count). The highest BCUT2D eigenvalue weighted by molar-refractivity contribution is 5.69. The maximum absolute atomic E-state index is 12.5. The Hall–Kier alpha value is -1.55. The van der Waals surface area contributed by atoms with Crippen molar-refractivity contribution >= 4 is 6.09 Å². The number of epoxide rings is 1. The third-order valence-corrected chi connectivity index (χ3v) is 5.05. The van der Waals surface area contributed by atoms with Crippen LogP contribution in [0.2, 0.25) is 0 Å². The standard InChI is InChI=1S/C17H21NO3/c19-16(20-11-13-5-2-1-3-6-13)18-14-7-4-8-15(18)10-17(9-14)12-21-17/h1-3,5-6,14-15H,4,7-12H2. The van der Waals surface area contributed by atoms with E-state index in [0.29, 0.717) is 18.7 Å². The van der Waals surface area contributed by atoms with Gasteiger partial charge in [0.15, 0.2) is 0 Å². The molecule has 3 fully saturated rings. The van der Waals surface area contributed by atoms with Crippen LogP contribution in [-0.2, 0) is 16.1 Å². The lowest BCUT2D eigenvalue weighted by Gasteiger charge is -2.47. The lowest BCUT2D eigenvalue weighted by molar-refractivity contribution is -0.00507. The van der Waals surface area contributed by atoms with Gasteiger partial charge in [-0.15, -0.1) is 0 Å². The highest BCUT2D eigenvalue weighted by atomic mass is 16.6. The molecule has 4 heteroatoms. The summed E-state index contributed by atoms with van der Waals surface area (Å²) in [7, 11) is 0. The van der Waals surface area contributed by atoms with Crippen LogP contribution in [0.15, 0.2) is 30.3 Å². The van der Waals surface area contributed by atoms with Crippen LogP contribution in [0.5, 0.6) is 0 Å². The molecular weight excluding hydrogens is 266 g/mol. The van der Waals surface area contributed by atoms with E-state index < -0.39 is 0 Å². The molecule has 112 valence electrons. The van der Waals surface area contributed by atoms with Gasteiger partial charge in [-0.3, -0.25) is 0 Å². The molecule has 0 N–H and O–H groups in total. The Morgan fingerprint density at radius 1 is 1.24 bits per heavy atom. The Labute approximate surface area is 125 Å². The molecule has 2 atom stereocenters. The van der Waals surface area contributed by atoms with E-state index in [1.54, 1.807) is 0 Å². The first-order valence-corrected chi connectivity index (χ1v) is 7.89. The molecule has 0 aliphatic carbocycles. The first-order chi connectivity index (χ1) is 10.3. The van der Waals surface area contributed by atoms with E-state index in [1.165, 1.54) is 6.42 Å². The zero-order valence-corrected chi connectivity index (χ0v) is 12.2. The van der Waals surface area contributed by atoms with E-state index in [4.69, 9.17) is 9.47 Å². The van der Waals surface area contributed by atoms with Gasteiger partial charge < -0.3 is 14.4 Å². The lowest BCUT2D eigenvalue weighted by Crippen LogP contribution is -2.57. The molecule has 3 heterocycles. The molecule has 1 aromatic carbocycles. The first kappa shape index (κ1) is 13.1. The maximum atomic E-state index is 12.5. The van der Waals surface area contributed by atoms with Crippen LogP contribution in [0, 0.1) is 0 Å². The minimum absolute atomic E-state index is 0.103. The number of hydrogen-bond acceptors (Lipinski definition) is 3. The molecule has 0 radical (unpaired) electrons. The number of rotatable bonds is 2. The van der Waals surface area contributed by atoms with Gasteiger partial charge in [-0.05, 0) is 37.7 Å². The summed E-state index contributed by atoms with van der Waals surface area (Å²) in [4.78, 5) is 14.5. The molecule has 3 aliphatic heterocycles. The molecule has 3 saturated heterocycles. The third kappa shape index (κ3) is 2.53. The van der Waals surface area contributed by atoms with Gasteiger partial charge in [0, 0.05) is 12.1 Å². The van der Waals surface area contributed by atoms with Crippen molar-refractivity contribution in [3.05, 3.63) is 35.9 Å². The molecule has 3 aliphatic rings. The van der Waals surface area contributed by atoms with E-state index >= 15 is 0 Å². The zero-order chi connectivity index (χ0) is 14.3. The largest absolute Gasteiger partial charge is 0.445 e. The fourth-order valence-electron chi connectivity index (χ4n) is 3.94. The Morgan fingerprint density at radius 3 is 2.52 bits per heavy atom. The topological polar surface area (TPSA) is 42.1 Å². The quantitative estimate of drug-likeness (QED) is 0.785.